The van der Waals surface area contributed by atoms with E-state index in [1.54, 1.807) is 18.2 Å². The number of aryl methyl sites for hydroxylation is 2. The fourth-order valence-electron chi connectivity index (χ4n) is 3.35. The van der Waals surface area contributed by atoms with Crippen molar-refractivity contribution in [1.82, 2.24) is 4.98 Å². The number of para-hydroxylation sites is 1. The fourth-order valence-corrected chi connectivity index (χ4v) is 3.35. The highest BCUT2D eigenvalue weighted by Gasteiger charge is 2.20. The van der Waals surface area contributed by atoms with Crippen molar-refractivity contribution in [2.24, 2.45) is 0 Å². The van der Waals surface area contributed by atoms with Crippen molar-refractivity contribution in [2.75, 3.05) is 5.32 Å². The summed E-state index contributed by atoms with van der Waals surface area (Å²) >= 11 is 0. The molecule has 0 bridgehead atoms. The number of hydrogen-bond donors (Lipinski definition) is 2. The van der Waals surface area contributed by atoms with Crippen LogP contribution in [0.1, 0.15) is 33.6 Å². The van der Waals surface area contributed by atoms with Crippen molar-refractivity contribution in [3.63, 3.8) is 0 Å². The number of amides is 1. The summed E-state index contributed by atoms with van der Waals surface area (Å²) in [5.41, 5.74) is 4.92. The van der Waals surface area contributed by atoms with E-state index in [9.17, 15) is 9.59 Å². The zero-order chi connectivity index (χ0) is 16.7. The molecule has 0 saturated carbocycles. The number of aromatic amines is 1. The Morgan fingerprint density at radius 2 is 1.88 bits per heavy atom. The van der Waals surface area contributed by atoms with Gasteiger partial charge in [-0.25, -0.2) is 0 Å². The zero-order valence-corrected chi connectivity index (χ0v) is 13.5. The summed E-state index contributed by atoms with van der Waals surface area (Å²) in [5.74, 6) is -0.210. The van der Waals surface area contributed by atoms with Crippen molar-refractivity contribution in [3.8, 4) is 0 Å². The predicted molar refractivity (Wildman–Crippen MR) is 95.7 cm³/mol. The maximum absolute atomic E-state index is 12.7. The zero-order valence-electron chi connectivity index (χ0n) is 13.5. The van der Waals surface area contributed by atoms with Gasteiger partial charge in [0.2, 0.25) is 0 Å². The number of carbonyl (C=O) groups is 1. The number of H-pyrrole nitrogens is 1. The summed E-state index contributed by atoms with van der Waals surface area (Å²) in [6.45, 7) is 2.00. The normalized spacial score (nSPS) is 13.0. The molecule has 1 heterocycles. The second-order valence-corrected chi connectivity index (χ2v) is 6.31. The van der Waals surface area contributed by atoms with Crippen LogP contribution in [0.25, 0.3) is 10.9 Å². The molecule has 3 aromatic rings. The van der Waals surface area contributed by atoms with Gasteiger partial charge in [0.15, 0.2) is 5.43 Å². The van der Waals surface area contributed by atoms with Gasteiger partial charge in [-0.15, -0.1) is 0 Å². The molecule has 0 aliphatic heterocycles. The Bertz CT molecular complexity index is 1000. The van der Waals surface area contributed by atoms with E-state index in [1.165, 1.54) is 0 Å². The molecule has 0 saturated heterocycles. The van der Waals surface area contributed by atoms with Crippen LogP contribution in [-0.4, -0.2) is 10.9 Å². The summed E-state index contributed by atoms with van der Waals surface area (Å²) in [5, 5.41) is 3.49. The quantitative estimate of drug-likeness (QED) is 0.758. The van der Waals surface area contributed by atoms with Gasteiger partial charge in [0.25, 0.3) is 5.91 Å². The van der Waals surface area contributed by atoms with Crippen LogP contribution in [0.15, 0.2) is 47.3 Å². The molecular weight excluding hydrogens is 300 g/mol. The number of pyridine rings is 1. The van der Waals surface area contributed by atoms with Crippen molar-refractivity contribution >= 4 is 22.5 Å². The third-order valence-corrected chi connectivity index (χ3v) is 4.63. The summed E-state index contributed by atoms with van der Waals surface area (Å²) in [4.78, 5) is 28.7. The molecule has 2 N–H and O–H groups in total. The number of hydrogen-bond acceptors (Lipinski definition) is 2. The van der Waals surface area contributed by atoms with Gasteiger partial charge in [0, 0.05) is 22.3 Å². The van der Waals surface area contributed by atoms with Crippen LogP contribution in [0.5, 0.6) is 0 Å². The first-order valence-electron chi connectivity index (χ1n) is 8.18. The first kappa shape index (κ1) is 14.7. The molecule has 2 aromatic carbocycles. The Hall–Kier alpha value is -2.88. The van der Waals surface area contributed by atoms with Crippen molar-refractivity contribution in [2.45, 2.75) is 26.2 Å². The van der Waals surface area contributed by atoms with E-state index in [-0.39, 0.29) is 11.3 Å². The molecule has 1 aliphatic carbocycles. The molecule has 24 heavy (non-hydrogen) atoms. The molecule has 1 amide bonds. The Labute approximate surface area is 139 Å². The maximum Gasteiger partial charge on any atom is 0.257 e. The molecule has 4 nitrogen and oxygen atoms in total. The van der Waals surface area contributed by atoms with Crippen molar-refractivity contribution in [1.29, 1.82) is 0 Å². The number of carbonyl (C=O) groups excluding carboxylic acids is 1. The molecule has 4 heteroatoms. The molecule has 1 aliphatic rings. The van der Waals surface area contributed by atoms with Crippen LogP contribution >= 0.6 is 0 Å². The van der Waals surface area contributed by atoms with E-state index in [0.29, 0.717) is 16.5 Å². The number of rotatable bonds is 2. The summed E-state index contributed by atoms with van der Waals surface area (Å²) in [6, 6.07) is 13.0. The van der Waals surface area contributed by atoms with E-state index >= 15 is 0 Å². The van der Waals surface area contributed by atoms with Gasteiger partial charge in [0.1, 0.15) is 0 Å². The van der Waals surface area contributed by atoms with Crippen LogP contribution in [0, 0.1) is 6.92 Å². The smallest absolute Gasteiger partial charge is 0.257 e. The lowest BCUT2D eigenvalue weighted by molar-refractivity contribution is 0.102. The van der Waals surface area contributed by atoms with Crippen molar-refractivity contribution < 1.29 is 4.79 Å². The molecule has 0 unspecified atom stereocenters. The molecule has 0 spiro atoms. The average molecular weight is 318 g/mol. The molecule has 0 radical (unpaired) electrons. The van der Waals surface area contributed by atoms with E-state index in [0.717, 1.165) is 41.8 Å². The van der Waals surface area contributed by atoms with Crippen LogP contribution < -0.4 is 10.7 Å². The van der Waals surface area contributed by atoms with E-state index in [4.69, 9.17) is 0 Å². The molecule has 0 fully saturated rings. The first-order valence-corrected chi connectivity index (χ1v) is 8.18. The van der Waals surface area contributed by atoms with Crippen LogP contribution in [0.4, 0.5) is 5.69 Å². The second-order valence-electron chi connectivity index (χ2n) is 6.31. The molecule has 0 atom stereocenters. The van der Waals surface area contributed by atoms with Crippen LogP contribution in [0.2, 0.25) is 0 Å². The highest BCUT2D eigenvalue weighted by Crippen LogP contribution is 2.23. The Morgan fingerprint density at radius 3 is 2.67 bits per heavy atom. The molecule has 120 valence electrons. The lowest BCUT2D eigenvalue weighted by Gasteiger charge is -2.10. The van der Waals surface area contributed by atoms with E-state index in [2.05, 4.69) is 10.3 Å². The Morgan fingerprint density at radius 1 is 1.08 bits per heavy atom. The number of anilines is 1. The predicted octanol–water partition coefficient (Wildman–Crippen LogP) is 3.58. The molecular formula is C20H18N2O2. The van der Waals surface area contributed by atoms with Gasteiger partial charge < -0.3 is 10.3 Å². The van der Waals surface area contributed by atoms with Gasteiger partial charge in [-0.05, 0) is 50.5 Å². The summed E-state index contributed by atoms with van der Waals surface area (Å²) in [7, 11) is 0. The highest BCUT2D eigenvalue weighted by molar-refractivity contribution is 6.11. The van der Waals surface area contributed by atoms with E-state index in [1.807, 2.05) is 31.2 Å². The fraction of sp³-hybridized carbons (Fsp3) is 0.200. The van der Waals surface area contributed by atoms with Crippen LogP contribution in [-0.2, 0) is 12.8 Å². The monoisotopic (exact) mass is 318 g/mol. The number of fused-ring (bicyclic) bond motifs is 2. The number of nitrogens with one attached hydrogen (secondary N) is 2. The van der Waals surface area contributed by atoms with Gasteiger partial charge in [0.05, 0.1) is 11.1 Å². The highest BCUT2D eigenvalue weighted by atomic mass is 16.1. The maximum atomic E-state index is 12.7. The third-order valence-electron chi connectivity index (χ3n) is 4.63. The van der Waals surface area contributed by atoms with Gasteiger partial charge in [-0.2, -0.15) is 0 Å². The minimum Gasteiger partial charge on any atom is -0.357 e. The minimum absolute atomic E-state index is 0.0567. The third kappa shape index (κ3) is 2.40. The molecule has 4 rings (SSSR count). The first-order chi connectivity index (χ1) is 11.6. The number of aromatic nitrogens is 1. The topological polar surface area (TPSA) is 62.0 Å². The summed E-state index contributed by atoms with van der Waals surface area (Å²) in [6.07, 6.45) is 2.68. The van der Waals surface area contributed by atoms with Crippen molar-refractivity contribution in [3.05, 3.63) is 75.1 Å². The summed E-state index contributed by atoms with van der Waals surface area (Å²) < 4.78 is 0. The average Bonchev–Trinajstić information content (AvgIpc) is 3.05. The largest absolute Gasteiger partial charge is 0.357 e. The lowest BCUT2D eigenvalue weighted by Crippen LogP contribution is -2.16. The van der Waals surface area contributed by atoms with Gasteiger partial charge in [-0.3, -0.25) is 9.59 Å². The molecule has 1 aromatic heterocycles. The minimum atomic E-state index is -0.210. The lowest BCUT2D eigenvalue weighted by atomic mass is 10.1. The van der Waals surface area contributed by atoms with E-state index < -0.39 is 0 Å². The van der Waals surface area contributed by atoms with Crippen LogP contribution in [0.3, 0.4) is 0 Å². The standard InChI is InChI=1S/C20H18N2O2/c1-12-8-10-13(11-9-12)21-20(24)16-6-2-5-15-18(16)22-17-7-3-4-14(17)19(15)23/h2,5-6,8-11H,3-4,7H2,1H3,(H,21,24)(H,22,23). The Balaban J connectivity index is 1.79. The van der Waals surface area contributed by atoms with Gasteiger partial charge in [-0.1, -0.05) is 23.8 Å². The second kappa shape index (κ2) is 5.64. The Kier molecular flexibility index (Phi) is 3.45. The van der Waals surface area contributed by atoms with Gasteiger partial charge >= 0.3 is 0 Å². The number of benzene rings is 2. The SMILES string of the molecule is Cc1ccc(NC(=O)c2cccc3c(=O)c4c([nH]c23)CCC4)cc1.